The lowest BCUT2D eigenvalue weighted by molar-refractivity contribution is 0.0798. The van der Waals surface area contributed by atoms with Crippen LogP contribution >= 0.6 is 0 Å². The second-order valence-electron chi connectivity index (χ2n) is 7.09. The maximum Gasteiger partial charge on any atom is 0.128 e. The van der Waals surface area contributed by atoms with Crippen LogP contribution in [0.2, 0.25) is 0 Å². The summed E-state index contributed by atoms with van der Waals surface area (Å²) in [5.41, 5.74) is 0.308. The third-order valence-corrected chi connectivity index (χ3v) is 5.14. The van der Waals surface area contributed by atoms with Crippen LogP contribution in [-0.4, -0.2) is 55.8 Å². The van der Waals surface area contributed by atoms with Crippen LogP contribution in [0.3, 0.4) is 0 Å². The van der Waals surface area contributed by atoms with Crippen LogP contribution in [0.5, 0.6) is 0 Å². The zero-order chi connectivity index (χ0) is 14.1. The minimum atomic E-state index is 0.308. The Bertz CT molecular complexity index is 476. The molecule has 0 radical (unpaired) electrons. The lowest BCUT2D eigenvalue weighted by Gasteiger charge is -2.32. The van der Waals surface area contributed by atoms with E-state index in [0.29, 0.717) is 5.41 Å². The Morgan fingerprint density at radius 2 is 2.19 bits per heavy atom. The zero-order valence-electron chi connectivity index (χ0n) is 12.7. The lowest BCUT2D eigenvalue weighted by atomic mass is 9.87. The van der Waals surface area contributed by atoms with Crippen molar-refractivity contribution in [2.45, 2.75) is 19.3 Å². The van der Waals surface area contributed by atoms with E-state index in [1.165, 1.54) is 32.4 Å². The molecule has 0 N–H and O–H groups in total. The lowest BCUT2D eigenvalue weighted by Crippen LogP contribution is -2.41. The summed E-state index contributed by atoms with van der Waals surface area (Å²) in [5.74, 6) is 2.08. The molecule has 2 saturated heterocycles. The molecule has 1 aliphatic carbocycles. The van der Waals surface area contributed by atoms with Gasteiger partial charge in [0.25, 0.3) is 0 Å². The van der Waals surface area contributed by atoms with E-state index in [1.54, 1.807) is 0 Å². The van der Waals surface area contributed by atoms with Gasteiger partial charge in [-0.15, -0.1) is 0 Å². The van der Waals surface area contributed by atoms with Crippen molar-refractivity contribution in [3.8, 4) is 0 Å². The monoisotopic (exact) mass is 287 g/mol. The van der Waals surface area contributed by atoms with E-state index in [9.17, 15) is 0 Å². The maximum atomic E-state index is 5.96. The van der Waals surface area contributed by atoms with Crippen molar-refractivity contribution in [3.63, 3.8) is 0 Å². The van der Waals surface area contributed by atoms with Crippen LogP contribution in [0.4, 0.5) is 5.82 Å². The molecule has 2 aliphatic heterocycles. The third-order valence-electron chi connectivity index (χ3n) is 5.14. The molecule has 114 valence electrons. The minimum Gasteiger partial charge on any atom is -0.379 e. The van der Waals surface area contributed by atoms with Gasteiger partial charge in [0.15, 0.2) is 0 Å². The van der Waals surface area contributed by atoms with Crippen LogP contribution in [0.25, 0.3) is 0 Å². The first-order valence-electron chi connectivity index (χ1n) is 8.29. The molecule has 1 aromatic heterocycles. The van der Waals surface area contributed by atoms with E-state index >= 15 is 0 Å². The largest absolute Gasteiger partial charge is 0.379 e. The Balaban J connectivity index is 1.45. The number of anilines is 1. The fraction of sp³-hybridized carbons (Fsp3) is 0.706. The molecule has 0 unspecified atom stereocenters. The first kappa shape index (κ1) is 13.5. The minimum absolute atomic E-state index is 0.308. The SMILES string of the molecule is c1ccc(N2CC[C@@]3(COCCN(CC4CC4)C3)C2)nc1. The Kier molecular flexibility index (Phi) is 3.59. The van der Waals surface area contributed by atoms with E-state index in [0.717, 1.165) is 44.6 Å². The molecule has 21 heavy (non-hydrogen) atoms. The first-order chi connectivity index (χ1) is 10.3. The average Bonchev–Trinajstić information content (AvgIpc) is 3.26. The summed E-state index contributed by atoms with van der Waals surface area (Å²) in [6, 6.07) is 6.19. The molecule has 4 rings (SSSR count). The number of ether oxygens (including phenoxy) is 1. The van der Waals surface area contributed by atoms with Crippen molar-refractivity contribution in [1.29, 1.82) is 0 Å². The van der Waals surface area contributed by atoms with Crippen LogP contribution < -0.4 is 4.90 Å². The molecule has 3 fully saturated rings. The maximum absolute atomic E-state index is 5.96. The highest BCUT2D eigenvalue weighted by atomic mass is 16.5. The highest BCUT2D eigenvalue weighted by molar-refractivity contribution is 5.40. The van der Waals surface area contributed by atoms with Crippen LogP contribution in [-0.2, 0) is 4.74 Å². The zero-order valence-corrected chi connectivity index (χ0v) is 12.7. The summed E-state index contributed by atoms with van der Waals surface area (Å²) in [4.78, 5) is 9.60. The van der Waals surface area contributed by atoms with Crippen molar-refractivity contribution < 1.29 is 4.74 Å². The average molecular weight is 287 g/mol. The molecule has 4 nitrogen and oxygen atoms in total. The summed E-state index contributed by atoms with van der Waals surface area (Å²) in [6.07, 6.45) is 5.99. The molecule has 0 amide bonds. The summed E-state index contributed by atoms with van der Waals surface area (Å²) >= 11 is 0. The van der Waals surface area contributed by atoms with Crippen LogP contribution in [0.15, 0.2) is 24.4 Å². The predicted molar refractivity (Wildman–Crippen MR) is 83.5 cm³/mol. The van der Waals surface area contributed by atoms with Gasteiger partial charge in [-0.25, -0.2) is 4.98 Å². The summed E-state index contributed by atoms with van der Waals surface area (Å²) in [7, 11) is 0. The van der Waals surface area contributed by atoms with E-state index < -0.39 is 0 Å². The smallest absolute Gasteiger partial charge is 0.128 e. The summed E-state index contributed by atoms with van der Waals surface area (Å²) in [6.45, 7) is 7.61. The molecule has 1 aromatic rings. The number of pyridine rings is 1. The summed E-state index contributed by atoms with van der Waals surface area (Å²) < 4.78 is 5.96. The van der Waals surface area contributed by atoms with Gasteiger partial charge in [-0.1, -0.05) is 6.07 Å². The van der Waals surface area contributed by atoms with Gasteiger partial charge in [-0.3, -0.25) is 0 Å². The van der Waals surface area contributed by atoms with Gasteiger partial charge < -0.3 is 14.5 Å². The number of hydrogen-bond acceptors (Lipinski definition) is 4. The molecular formula is C17H25N3O. The van der Waals surface area contributed by atoms with E-state index in [1.807, 2.05) is 12.3 Å². The second-order valence-corrected chi connectivity index (χ2v) is 7.09. The molecule has 1 saturated carbocycles. The van der Waals surface area contributed by atoms with Gasteiger partial charge >= 0.3 is 0 Å². The Morgan fingerprint density at radius 1 is 1.24 bits per heavy atom. The number of hydrogen-bond donors (Lipinski definition) is 0. The molecule has 4 heteroatoms. The predicted octanol–water partition coefficient (Wildman–Crippen LogP) is 2.02. The van der Waals surface area contributed by atoms with Gasteiger partial charge in [-0.2, -0.15) is 0 Å². The van der Waals surface area contributed by atoms with Crippen molar-refractivity contribution in [2.24, 2.45) is 11.3 Å². The van der Waals surface area contributed by atoms with Crippen molar-refractivity contribution in [3.05, 3.63) is 24.4 Å². The highest BCUT2D eigenvalue weighted by Crippen LogP contribution is 2.37. The van der Waals surface area contributed by atoms with Crippen molar-refractivity contribution >= 4 is 5.82 Å². The Hall–Kier alpha value is -1.13. The third kappa shape index (κ3) is 3.06. The van der Waals surface area contributed by atoms with Gasteiger partial charge in [0.1, 0.15) is 5.82 Å². The molecule has 3 heterocycles. The second kappa shape index (κ2) is 5.58. The van der Waals surface area contributed by atoms with Gasteiger partial charge in [0.05, 0.1) is 13.2 Å². The quantitative estimate of drug-likeness (QED) is 0.850. The topological polar surface area (TPSA) is 28.6 Å². The Morgan fingerprint density at radius 3 is 3.00 bits per heavy atom. The molecule has 3 aliphatic rings. The number of nitrogens with zero attached hydrogens (tertiary/aromatic N) is 3. The Labute approximate surface area is 127 Å². The highest BCUT2D eigenvalue weighted by Gasteiger charge is 2.42. The fourth-order valence-corrected chi connectivity index (χ4v) is 3.82. The van der Waals surface area contributed by atoms with Crippen LogP contribution in [0.1, 0.15) is 19.3 Å². The van der Waals surface area contributed by atoms with E-state index in [2.05, 4.69) is 26.9 Å². The van der Waals surface area contributed by atoms with Crippen molar-refractivity contribution in [1.82, 2.24) is 9.88 Å². The molecule has 1 atom stereocenters. The van der Waals surface area contributed by atoms with E-state index in [-0.39, 0.29) is 0 Å². The van der Waals surface area contributed by atoms with Gasteiger partial charge in [0.2, 0.25) is 0 Å². The molecule has 1 spiro atoms. The summed E-state index contributed by atoms with van der Waals surface area (Å²) in [5, 5.41) is 0. The van der Waals surface area contributed by atoms with E-state index in [4.69, 9.17) is 4.74 Å². The first-order valence-corrected chi connectivity index (χ1v) is 8.29. The standard InChI is InChI=1S/C17H25N3O/c1-2-7-18-16(3-1)20-8-6-17(13-20)12-19(9-10-21-14-17)11-15-4-5-15/h1-3,7,15H,4-6,8-14H2/t17-/m0/s1. The normalized spacial score (nSPS) is 30.8. The number of aromatic nitrogens is 1. The molecular weight excluding hydrogens is 262 g/mol. The number of rotatable bonds is 3. The van der Waals surface area contributed by atoms with Gasteiger partial charge in [0, 0.05) is 44.3 Å². The molecule has 0 bridgehead atoms. The fourth-order valence-electron chi connectivity index (χ4n) is 3.82. The van der Waals surface area contributed by atoms with Crippen LogP contribution in [0, 0.1) is 11.3 Å². The van der Waals surface area contributed by atoms with Crippen molar-refractivity contribution in [2.75, 3.05) is 50.8 Å². The molecule has 0 aromatic carbocycles. The van der Waals surface area contributed by atoms with Gasteiger partial charge in [-0.05, 0) is 37.3 Å².